The first-order valence-electron chi connectivity index (χ1n) is 6.62. The van der Waals surface area contributed by atoms with E-state index in [0.717, 1.165) is 12.2 Å². The molecule has 0 heterocycles. The minimum Gasteiger partial charge on any atom is -0.338 e. The second kappa shape index (κ2) is 6.22. The summed E-state index contributed by atoms with van der Waals surface area (Å²) in [6.45, 7) is 2.55. The highest BCUT2D eigenvalue weighted by atomic mass is 16.2. The Morgan fingerprint density at radius 3 is 2.21 bits per heavy atom. The molecule has 2 rings (SSSR count). The Bertz CT molecular complexity index is 452. The molecule has 19 heavy (non-hydrogen) atoms. The maximum Gasteiger partial charge on any atom is 0.319 e. The lowest BCUT2D eigenvalue weighted by Gasteiger charge is -2.08. The van der Waals surface area contributed by atoms with Gasteiger partial charge in [-0.15, -0.1) is 0 Å². The number of amides is 3. The summed E-state index contributed by atoms with van der Waals surface area (Å²) in [7, 11) is 0. The van der Waals surface area contributed by atoms with Gasteiger partial charge in [-0.3, -0.25) is 4.79 Å². The summed E-state index contributed by atoms with van der Waals surface area (Å²) < 4.78 is 0. The fraction of sp³-hybridized carbons (Fsp3) is 0.429. The van der Waals surface area contributed by atoms with Gasteiger partial charge < -0.3 is 16.0 Å². The number of anilines is 2. The van der Waals surface area contributed by atoms with E-state index in [0.29, 0.717) is 18.0 Å². The lowest BCUT2D eigenvalue weighted by molar-refractivity contribution is -0.115. The zero-order chi connectivity index (χ0) is 13.7. The largest absolute Gasteiger partial charge is 0.338 e. The molecule has 0 atom stereocenters. The highest BCUT2D eigenvalue weighted by molar-refractivity contribution is 5.92. The van der Waals surface area contributed by atoms with Gasteiger partial charge in [0.2, 0.25) is 5.91 Å². The molecule has 1 aromatic carbocycles. The number of hydrogen-bond acceptors (Lipinski definition) is 2. The molecule has 5 heteroatoms. The van der Waals surface area contributed by atoms with Crippen molar-refractivity contribution in [1.82, 2.24) is 5.32 Å². The van der Waals surface area contributed by atoms with Crippen LogP contribution in [-0.2, 0) is 4.79 Å². The van der Waals surface area contributed by atoms with E-state index < -0.39 is 0 Å². The van der Waals surface area contributed by atoms with Gasteiger partial charge in [0.15, 0.2) is 0 Å². The van der Waals surface area contributed by atoms with Crippen molar-refractivity contribution in [2.75, 3.05) is 17.2 Å². The highest BCUT2D eigenvalue weighted by Gasteiger charge is 2.21. The van der Waals surface area contributed by atoms with Gasteiger partial charge >= 0.3 is 6.03 Å². The molecule has 0 aromatic heterocycles. The number of urea groups is 1. The Hall–Kier alpha value is -2.04. The molecule has 0 spiro atoms. The summed E-state index contributed by atoms with van der Waals surface area (Å²) in [5, 5.41) is 8.34. The van der Waals surface area contributed by atoms with Crippen LogP contribution in [-0.4, -0.2) is 18.5 Å². The molecule has 3 N–H and O–H groups in total. The number of hydrogen-bond donors (Lipinski definition) is 3. The van der Waals surface area contributed by atoms with Gasteiger partial charge in [0, 0.05) is 24.3 Å². The summed E-state index contributed by atoms with van der Waals surface area (Å²) in [5.74, 6) is 0.639. The lowest BCUT2D eigenvalue weighted by atomic mass is 10.2. The Kier molecular flexibility index (Phi) is 4.39. The Balaban J connectivity index is 1.80. The average molecular weight is 261 g/mol. The molecule has 5 nitrogen and oxygen atoms in total. The van der Waals surface area contributed by atoms with Crippen molar-refractivity contribution >= 4 is 23.3 Å². The van der Waals surface area contributed by atoms with E-state index in [9.17, 15) is 9.59 Å². The molecule has 1 saturated carbocycles. The molecule has 1 fully saturated rings. The van der Waals surface area contributed by atoms with Gasteiger partial charge in [-0.2, -0.15) is 0 Å². The van der Waals surface area contributed by atoms with E-state index in [4.69, 9.17) is 0 Å². The molecule has 1 aliphatic rings. The maximum absolute atomic E-state index is 11.6. The highest BCUT2D eigenvalue weighted by Crippen LogP contribution is 2.27. The number of rotatable bonds is 5. The van der Waals surface area contributed by atoms with Crippen molar-refractivity contribution in [2.24, 2.45) is 5.92 Å². The quantitative estimate of drug-likeness (QED) is 0.762. The van der Waals surface area contributed by atoms with Gasteiger partial charge in [0.05, 0.1) is 0 Å². The smallest absolute Gasteiger partial charge is 0.319 e. The second-order valence-electron chi connectivity index (χ2n) is 4.76. The number of carbonyl (C=O) groups excluding carboxylic acids is 2. The van der Waals surface area contributed by atoms with Gasteiger partial charge in [0.25, 0.3) is 0 Å². The molecule has 1 aliphatic carbocycles. The van der Waals surface area contributed by atoms with Crippen molar-refractivity contribution in [3.8, 4) is 0 Å². The number of carbonyl (C=O) groups is 2. The van der Waals surface area contributed by atoms with Crippen LogP contribution >= 0.6 is 0 Å². The molecule has 102 valence electrons. The monoisotopic (exact) mass is 261 g/mol. The molecular weight excluding hydrogens is 242 g/mol. The van der Waals surface area contributed by atoms with Crippen LogP contribution in [0.25, 0.3) is 0 Å². The van der Waals surface area contributed by atoms with Gasteiger partial charge in [0.1, 0.15) is 0 Å². The van der Waals surface area contributed by atoms with Crippen molar-refractivity contribution in [1.29, 1.82) is 0 Å². The van der Waals surface area contributed by atoms with E-state index in [1.54, 1.807) is 31.2 Å². The molecule has 0 bridgehead atoms. The van der Waals surface area contributed by atoms with Gasteiger partial charge in [-0.25, -0.2) is 4.79 Å². The predicted molar refractivity (Wildman–Crippen MR) is 75.1 cm³/mol. The summed E-state index contributed by atoms with van der Waals surface area (Å²) >= 11 is 0. The van der Waals surface area contributed by atoms with Gasteiger partial charge in [-0.05, 0) is 43.0 Å². The Labute approximate surface area is 112 Å². The first kappa shape index (κ1) is 13.4. The summed E-state index contributed by atoms with van der Waals surface area (Å²) in [4.78, 5) is 22.8. The van der Waals surface area contributed by atoms with Crippen LogP contribution in [0.3, 0.4) is 0 Å². The van der Waals surface area contributed by atoms with E-state index in [2.05, 4.69) is 16.0 Å². The van der Waals surface area contributed by atoms with Crippen LogP contribution in [0.4, 0.5) is 16.2 Å². The minimum absolute atomic E-state index is 0.0251. The average Bonchev–Trinajstić information content (AvgIpc) is 3.22. The summed E-state index contributed by atoms with van der Waals surface area (Å²) in [5.41, 5.74) is 1.44. The standard InChI is InChI=1S/C14H19N3O2/c1-2-13(18)16-11-5-7-12(8-6-11)17-14(19)15-9-10-3-4-10/h5-8,10H,2-4,9H2,1H3,(H,16,18)(H2,15,17,19). The normalized spacial score (nSPS) is 13.7. The van der Waals surface area contributed by atoms with Crippen LogP contribution in [0.15, 0.2) is 24.3 Å². The van der Waals surface area contributed by atoms with Crippen molar-refractivity contribution < 1.29 is 9.59 Å². The van der Waals surface area contributed by atoms with E-state index >= 15 is 0 Å². The molecule has 0 saturated heterocycles. The number of benzene rings is 1. The molecule has 0 unspecified atom stereocenters. The molecule has 1 aromatic rings. The lowest BCUT2D eigenvalue weighted by Crippen LogP contribution is -2.30. The SMILES string of the molecule is CCC(=O)Nc1ccc(NC(=O)NCC2CC2)cc1. The molecule has 3 amide bonds. The molecular formula is C14H19N3O2. The predicted octanol–water partition coefficient (Wildman–Crippen LogP) is 2.57. The molecule has 0 aliphatic heterocycles. The van der Waals surface area contributed by atoms with Crippen LogP contribution in [0.1, 0.15) is 26.2 Å². The first-order valence-corrected chi connectivity index (χ1v) is 6.62. The number of nitrogens with one attached hydrogen (secondary N) is 3. The third-order valence-electron chi connectivity index (χ3n) is 3.00. The van der Waals surface area contributed by atoms with Crippen molar-refractivity contribution in [2.45, 2.75) is 26.2 Å². The Morgan fingerprint density at radius 1 is 1.11 bits per heavy atom. The Morgan fingerprint density at radius 2 is 1.68 bits per heavy atom. The van der Waals surface area contributed by atoms with Crippen LogP contribution in [0.5, 0.6) is 0 Å². The summed E-state index contributed by atoms with van der Waals surface area (Å²) in [6, 6.07) is 6.88. The minimum atomic E-state index is -0.183. The second-order valence-corrected chi connectivity index (χ2v) is 4.76. The van der Waals surface area contributed by atoms with Crippen LogP contribution in [0, 0.1) is 5.92 Å². The van der Waals surface area contributed by atoms with Crippen LogP contribution < -0.4 is 16.0 Å². The zero-order valence-corrected chi connectivity index (χ0v) is 11.0. The van der Waals surface area contributed by atoms with E-state index in [1.807, 2.05) is 0 Å². The topological polar surface area (TPSA) is 70.2 Å². The zero-order valence-electron chi connectivity index (χ0n) is 11.0. The van der Waals surface area contributed by atoms with Crippen molar-refractivity contribution in [3.63, 3.8) is 0 Å². The van der Waals surface area contributed by atoms with E-state index in [-0.39, 0.29) is 11.9 Å². The third kappa shape index (κ3) is 4.62. The van der Waals surface area contributed by atoms with Crippen LogP contribution in [0.2, 0.25) is 0 Å². The third-order valence-corrected chi connectivity index (χ3v) is 3.00. The fourth-order valence-corrected chi connectivity index (χ4v) is 1.62. The first-order chi connectivity index (χ1) is 9.17. The maximum atomic E-state index is 11.6. The van der Waals surface area contributed by atoms with Crippen molar-refractivity contribution in [3.05, 3.63) is 24.3 Å². The van der Waals surface area contributed by atoms with Gasteiger partial charge in [-0.1, -0.05) is 6.92 Å². The molecule has 0 radical (unpaired) electrons. The fourth-order valence-electron chi connectivity index (χ4n) is 1.62. The summed E-state index contributed by atoms with van der Waals surface area (Å²) in [6.07, 6.45) is 2.88. The van der Waals surface area contributed by atoms with E-state index in [1.165, 1.54) is 12.8 Å².